The molecule has 1 N–H and O–H groups in total. The highest BCUT2D eigenvalue weighted by Gasteiger charge is 2.52. The van der Waals surface area contributed by atoms with Gasteiger partial charge in [-0.15, -0.1) is 0 Å². The number of furan rings is 1. The Kier molecular flexibility index (Phi) is 4.36. The van der Waals surface area contributed by atoms with E-state index >= 15 is 0 Å². The SMILES string of the molecule is CN(Cc1ccc(Br)o1)CN1C(=O)NC2(CCc3ccccc3C2)C1=O. The van der Waals surface area contributed by atoms with Crippen molar-refractivity contribution in [2.24, 2.45) is 0 Å². The van der Waals surface area contributed by atoms with Crippen molar-refractivity contribution in [2.45, 2.75) is 31.3 Å². The van der Waals surface area contributed by atoms with Crippen LogP contribution in [0.4, 0.5) is 4.79 Å². The van der Waals surface area contributed by atoms with Crippen molar-refractivity contribution in [3.05, 3.63) is 58.0 Å². The van der Waals surface area contributed by atoms with Crippen LogP contribution in [0.2, 0.25) is 0 Å². The van der Waals surface area contributed by atoms with Gasteiger partial charge in [0.2, 0.25) is 0 Å². The largest absolute Gasteiger partial charge is 0.453 e. The van der Waals surface area contributed by atoms with Gasteiger partial charge in [-0.1, -0.05) is 24.3 Å². The number of halogens is 1. The minimum atomic E-state index is -0.806. The molecule has 136 valence electrons. The molecule has 3 amide bonds. The van der Waals surface area contributed by atoms with Crippen LogP contribution in [0.25, 0.3) is 0 Å². The number of hydrogen-bond acceptors (Lipinski definition) is 4. The first-order valence-electron chi connectivity index (χ1n) is 8.60. The third kappa shape index (κ3) is 3.05. The highest BCUT2D eigenvalue weighted by Crippen LogP contribution is 2.33. The van der Waals surface area contributed by atoms with Crippen molar-refractivity contribution in [3.63, 3.8) is 0 Å². The van der Waals surface area contributed by atoms with Gasteiger partial charge in [0.25, 0.3) is 5.91 Å². The molecule has 0 bridgehead atoms. The zero-order valence-corrected chi connectivity index (χ0v) is 16.1. The zero-order chi connectivity index (χ0) is 18.3. The highest BCUT2D eigenvalue weighted by atomic mass is 79.9. The molecule has 2 aromatic rings. The predicted octanol–water partition coefficient (Wildman–Crippen LogP) is 2.91. The maximum atomic E-state index is 13.1. The second kappa shape index (κ2) is 6.55. The number of carbonyl (C=O) groups excluding carboxylic acids is 2. The summed E-state index contributed by atoms with van der Waals surface area (Å²) in [6.07, 6.45) is 1.99. The number of benzene rings is 1. The van der Waals surface area contributed by atoms with Crippen molar-refractivity contribution in [3.8, 4) is 0 Å². The first-order valence-corrected chi connectivity index (χ1v) is 9.40. The highest BCUT2D eigenvalue weighted by molar-refractivity contribution is 9.10. The minimum Gasteiger partial charge on any atom is -0.453 e. The summed E-state index contributed by atoms with van der Waals surface area (Å²) in [5, 5.41) is 2.96. The number of imide groups is 1. The van der Waals surface area contributed by atoms with E-state index in [1.54, 1.807) is 0 Å². The van der Waals surface area contributed by atoms with E-state index in [2.05, 4.69) is 27.3 Å². The van der Waals surface area contributed by atoms with E-state index in [9.17, 15) is 9.59 Å². The van der Waals surface area contributed by atoms with Gasteiger partial charge in [-0.3, -0.25) is 9.69 Å². The second-order valence-electron chi connectivity index (χ2n) is 7.05. The quantitative estimate of drug-likeness (QED) is 0.776. The van der Waals surface area contributed by atoms with E-state index in [4.69, 9.17) is 4.42 Å². The Morgan fingerprint density at radius 2 is 2.00 bits per heavy atom. The topological polar surface area (TPSA) is 65.8 Å². The number of rotatable bonds is 4. The molecule has 1 aromatic heterocycles. The van der Waals surface area contributed by atoms with Crippen LogP contribution in [0.5, 0.6) is 0 Å². The molecule has 0 radical (unpaired) electrons. The number of hydrogen-bond donors (Lipinski definition) is 1. The Morgan fingerprint density at radius 1 is 1.23 bits per heavy atom. The van der Waals surface area contributed by atoms with Gasteiger partial charge in [0.15, 0.2) is 4.67 Å². The van der Waals surface area contributed by atoms with Crippen LogP contribution in [0.1, 0.15) is 23.3 Å². The number of urea groups is 1. The van der Waals surface area contributed by atoms with Gasteiger partial charge in [-0.05, 0) is 59.1 Å². The molecule has 6 nitrogen and oxygen atoms in total. The molecule has 1 aliphatic heterocycles. The lowest BCUT2D eigenvalue weighted by Crippen LogP contribution is -2.51. The van der Waals surface area contributed by atoms with E-state index in [0.29, 0.717) is 24.1 Å². The van der Waals surface area contributed by atoms with Gasteiger partial charge in [0.1, 0.15) is 11.3 Å². The van der Waals surface area contributed by atoms with Gasteiger partial charge < -0.3 is 9.73 Å². The number of aryl methyl sites for hydroxylation is 1. The summed E-state index contributed by atoms with van der Waals surface area (Å²) in [6.45, 7) is 0.741. The number of carbonyl (C=O) groups is 2. The number of nitrogens with zero attached hydrogens (tertiary/aromatic N) is 2. The first kappa shape index (κ1) is 17.3. The monoisotopic (exact) mass is 417 g/mol. The fraction of sp³-hybridized carbons (Fsp3) is 0.368. The van der Waals surface area contributed by atoms with Crippen molar-refractivity contribution in [2.75, 3.05) is 13.7 Å². The first-order chi connectivity index (χ1) is 12.5. The summed E-state index contributed by atoms with van der Waals surface area (Å²) in [6, 6.07) is 11.5. The molecular formula is C19H20BrN3O3. The fourth-order valence-electron chi connectivity index (χ4n) is 3.82. The molecule has 4 rings (SSSR count). The Bertz CT molecular complexity index is 865. The summed E-state index contributed by atoms with van der Waals surface area (Å²) in [4.78, 5) is 28.8. The maximum Gasteiger partial charge on any atom is 0.326 e. The molecule has 1 unspecified atom stereocenters. The third-order valence-electron chi connectivity index (χ3n) is 5.12. The standard InChI is InChI=1S/C19H20BrN3O3/c1-22(11-15-6-7-16(20)26-15)12-23-17(24)19(21-18(23)25)9-8-13-4-2-3-5-14(13)10-19/h2-7H,8-12H2,1H3,(H,21,25). The molecule has 7 heteroatoms. The average molecular weight is 418 g/mol. The van der Waals surface area contributed by atoms with E-state index in [1.807, 2.05) is 42.3 Å². The molecule has 1 spiro atoms. The average Bonchev–Trinajstić information content (AvgIpc) is 3.11. The molecule has 0 saturated carbocycles. The van der Waals surface area contributed by atoms with Gasteiger partial charge in [0, 0.05) is 6.42 Å². The van der Waals surface area contributed by atoms with Crippen molar-refractivity contribution in [1.29, 1.82) is 0 Å². The second-order valence-corrected chi connectivity index (χ2v) is 7.83. The maximum absolute atomic E-state index is 13.1. The van der Waals surface area contributed by atoms with Crippen LogP contribution < -0.4 is 5.32 Å². The normalized spacial score (nSPS) is 22.2. The van der Waals surface area contributed by atoms with E-state index in [0.717, 1.165) is 17.7 Å². The Morgan fingerprint density at radius 3 is 2.73 bits per heavy atom. The van der Waals surface area contributed by atoms with E-state index < -0.39 is 5.54 Å². The molecular weight excluding hydrogens is 398 g/mol. The number of nitrogens with one attached hydrogen (secondary N) is 1. The summed E-state index contributed by atoms with van der Waals surface area (Å²) < 4.78 is 6.15. The lowest BCUT2D eigenvalue weighted by atomic mass is 9.78. The Balaban J connectivity index is 1.47. The predicted molar refractivity (Wildman–Crippen MR) is 99.3 cm³/mol. The lowest BCUT2D eigenvalue weighted by Gasteiger charge is -2.32. The van der Waals surface area contributed by atoms with Crippen LogP contribution in [-0.2, 0) is 24.2 Å². The smallest absolute Gasteiger partial charge is 0.326 e. The summed E-state index contributed by atoms with van der Waals surface area (Å²) >= 11 is 3.28. The van der Waals surface area contributed by atoms with Crippen LogP contribution in [0, 0.1) is 0 Å². The van der Waals surface area contributed by atoms with Gasteiger partial charge >= 0.3 is 6.03 Å². The van der Waals surface area contributed by atoms with Crippen LogP contribution in [0.3, 0.4) is 0 Å². The molecule has 2 aliphatic rings. The fourth-order valence-corrected chi connectivity index (χ4v) is 4.16. The van der Waals surface area contributed by atoms with E-state index in [1.165, 1.54) is 10.5 Å². The number of fused-ring (bicyclic) bond motifs is 1. The third-order valence-corrected chi connectivity index (χ3v) is 5.54. The van der Waals surface area contributed by atoms with Crippen LogP contribution in [-0.4, -0.2) is 41.0 Å². The lowest BCUT2D eigenvalue weighted by molar-refractivity contribution is -0.133. The molecule has 26 heavy (non-hydrogen) atoms. The minimum absolute atomic E-state index is 0.135. The molecule has 1 atom stereocenters. The van der Waals surface area contributed by atoms with E-state index in [-0.39, 0.29) is 18.6 Å². The molecule has 1 aliphatic carbocycles. The summed E-state index contributed by atoms with van der Waals surface area (Å²) in [7, 11) is 1.86. The van der Waals surface area contributed by atoms with Crippen molar-refractivity contribution in [1.82, 2.24) is 15.1 Å². The van der Waals surface area contributed by atoms with Crippen molar-refractivity contribution < 1.29 is 14.0 Å². The van der Waals surface area contributed by atoms with Gasteiger partial charge in [-0.25, -0.2) is 9.69 Å². The summed E-state index contributed by atoms with van der Waals surface area (Å²) in [5.41, 5.74) is 1.60. The van der Waals surface area contributed by atoms with Crippen molar-refractivity contribution >= 4 is 27.9 Å². The van der Waals surface area contributed by atoms with Gasteiger partial charge in [-0.2, -0.15) is 0 Å². The van der Waals surface area contributed by atoms with Gasteiger partial charge in [0.05, 0.1) is 13.2 Å². The Hall–Kier alpha value is -2.12. The summed E-state index contributed by atoms with van der Waals surface area (Å²) in [5.74, 6) is 0.636. The van der Waals surface area contributed by atoms with Crippen LogP contribution in [0.15, 0.2) is 45.5 Å². The molecule has 1 saturated heterocycles. The molecule has 1 aromatic carbocycles. The zero-order valence-electron chi connectivity index (χ0n) is 14.5. The van der Waals surface area contributed by atoms with Crippen LogP contribution >= 0.6 is 15.9 Å². The molecule has 2 heterocycles. The number of amides is 3. The Labute approximate surface area is 160 Å². The molecule has 1 fully saturated rings.